The van der Waals surface area contributed by atoms with Crippen LogP contribution in [0.25, 0.3) is 22.2 Å². The Morgan fingerprint density at radius 2 is 1.86 bits per heavy atom. The van der Waals surface area contributed by atoms with Crippen LogP contribution in [0.15, 0.2) is 36.4 Å². The Hall–Kier alpha value is -2.37. The highest BCUT2D eigenvalue weighted by Gasteiger charge is 2.17. The molecule has 0 spiro atoms. The number of fused-ring (bicyclic) bond motifs is 1. The van der Waals surface area contributed by atoms with Crippen molar-refractivity contribution >= 4 is 52.2 Å². The molecule has 3 N–H and O–H groups in total. The minimum atomic E-state index is 0.112. The van der Waals surface area contributed by atoms with Gasteiger partial charge in [0.25, 0.3) is 0 Å². The van der Waals surface area contributed by atoms with E-state index in [1.807, 2.05) is 24.3 Å². The molecule has 0 unspecified atom stereocenters. The van der Waals surface area contributed by atoms with Gasteiger partial charge in [-0.15, -0.1) is 0 Å². The molecular formula is C15H9Cl2N4O. The minimum absolute atomic E-state index is 0.112. The summed E-state index contributed by atoms with van der Waals surface area (Å²) in [5.74, 6) is 0.112. The van der Waals surface area contributed by atoms with Crippen LogP contribution in [0.3, 0.4) is 0 Å². The van der Waals surface area contributed by atoms with E-state index in [1.165, 1.54) is 0 Å². The zero-order chi connectivity index (χ0) is 15.7. The second kappa shape index (κ2) is 5.79. The molecule has 1 amide bonds. The highest BCUT2D eigenvalue weighted by atomic mass is 35.5. The molecule has 0 fully saturated rings. The van der Waals surface area contributed by atoms with Gasteiger partial charge in [-0.05, 0) is 18.2 Å². The molecule has 0 saturated heterocycles. The van der Waals surface area contributed by atoms with E-state index in [9.17, 15) is 4.79 Å². The number of amides is 1. The van der Waals surface area contributed by atoms with Crippen LogP contribution in [-0.4, -0.2) is 16.4 Å². The lowest BCUT2D eigenvalue weighted by molar-refractivity contribution is 0.561. The maximum Gasteiger partial charge on any atom is 0.314 e. The minimum Gasteiger partial charge on any atom is -0.368 e. The van der Waals surface area contributed by atoms with Crippen molar-refractivity contribution in [3.63, 3.8) is 0 Å². The van der Waals surface area contributed by atoms with Gasteiger partial charge in [-0.25, -0.2) is 9.97 Å². The van der Waals surface area contributed by atoms with Gasteiger partial charge >= 0.3 is 6.41 Å². The summed E-state index contributed by atoms with van der Waals surface area (Å²) in [4.78, 5) is 19.0. The summed E-state index contributed by atoms with van der Waals surface area (Å²) < 4.78 is 0. The molecule has 0 aliphatic carbocycles. The lowest BCUT2D eigenvalue weighted by Crippen LogP contribution is -2.00. The predicted octanol–water partition coefficient (Wildman–Crippen LogP) is 3.66. The number of hydrogen-bond acceptors (Lipinski definition) is 4. The van der Waals surface area contributed by atoms with E-state index in [0.29, 0.717) is 27.5 Å². The van der Waals surface area contributed by atoms with Crippen molar-refractivity contribution in [1.29, 1.82) is 0 Å². The van der Waals surface area contributed by atoms with Gasteiger partial charge in [0, 0.05) is 10.9 Å². The number of carbonyl (C=O) groups excluding carboxylic acids is 1. The van der Waals surface area contributed by atoms with Crippen LogP contribution >= 0.6 is 23.2 Å². The summed E-state index contributed by atoms with van der Waals surface area (Å²) in [6.45, 7) is 0. The van der Waals surface area contributed by atoms with Gasteiger partial charge < -0.3 is 11.1 Å². The summed E-state index contributed by atoms with van der Waals surface area (Å²) in [7, 11) is 0. The van der Waals surface area contributed by atoms with Gasteiger partial charge in [0.2, 0.25) is 5.95 Å². The molecule has 3 rings (SSSR count). The van der Waals surface area contributed by atoms with Crippen molar-refractivity contribution in [2.75, 3.05) is 11.1 Å². The van der Waals surface area contributed by atoms with Crippen molar-refractivity contribution in [3.8, 4) is 11.3 Å². The number of nitrogens with one attached hydrogen (secondary N) is 1. The van der Waals surface area contributed by atoms with E-state index in [0.717, 1.165) is 5.39 Å². The standard InChI is InChI=1S/C15H9Cl2N4O/c16-9-5-6-11(19-7-22)13(17)12(9)14-8-3-1-2-4-10(8)20-15(18)21-14/h1-6H,(H,19,22)(H2,18,20,21). The Bertz CT molecular complexity index is 883. The summed E-state index contributed by atoms with van der Waals surface area (Å²) >= 11 is 12.6. The molecule has 1 aromatic heterocycles. The topological polar surface area (TPSA) is 80.9 Å². The number of nitrogen functional groups attached to an aromatic ring is 1. The third-order valence-electron chi connectivity index (χ3n) is 3.13. The number of rotatable bonds is 3. The first kappa shape index (κ1) is 14.6. The molecular weight excluding hydrogens is 323 g/mol. The van der Waals surface area contributed by atoms with Crippen molar-refractivity contribution < 1.29 is 4.79 Å². The van der Waals surface area contributed by atoms with E-state index in [-0.39, 0.29) is 11.0 Å². The second-order valence-electron chi connectivity index (χ2n) is 4.46. The third kappa shape index (κ3) is 2.45. The molecule has 22 heavy (non-hydrogen) atoms. The number of nitrogens with zero attached hydrogens (tertiary/aromatic N) is 2. The number of aromatic nitrogens is 2. The summed E-state index contributed by atoms with van der Waals surface area (Å²) in [6, 6.07) is 10.6. The molecule has 0 saturated carbocycles. The fraction of sp³-hybridized carbons (Fsp3) is 0. The molecule has 3 aromatic rings. The molecule has 1 radical (unpaired) electrons. The molecule has 109 valence electrons. The maximum absolute atomic E-state index is 10.6. The lowest BCUT2D eigenvalue weighted by Gasteiger charge is -2.12. The Labute approximate surface area is 136 Å². The summed E-state index contributed by atoms with van der Waals surface area (Å²) in [5.41, 5.74) is 7.82. The number of benzene rings is 2. The number of para-hydroxylation sites is 1. The second-order valence-corrected chi connectivity index (χ2v) is 5.24. The fourth-order valence-electron chi connectivity index (χ4n) is 2.21. The van der Waals surface area contributed by atoms with Crippen LogP contribution in [0.5, 0.6) is 0 Å². The fourth-order valence-corrected chi connectivity index (χ4v) is 2.80. The largest absolute Gasteiger partial charge is 0.368 e. The third-order valence-corrected chi connectivity index (χ3v) is 3.84. The Kier molecular flexibility index (Phi) is 3.83. The van der Waals surface area contributed by atoms with E-state index < -0.39 is 0 Å². The van der Waals surface area contributed by atoms with Crippen LogP contribution in [0.4, 0.5) is 11.6 Å². The average molecular weight is 332 g/mol. The van der Waals surface area contributed by atoms with Gasteiger partial charge in [-0.1, -0.05) is 41.4 Å². The molecule has 2 aromatic carbocycles. The first-order valence-corrected chi connectivity index (χ1v) is 7.01. The zero-order valence-electron chi connectivity index (χ0n) is 11.1. The summed E-state index contributed by atoms with van der Waals surface area (Å²) in [6.07, 6.45) is 1.59. The highest BCUT2D eigenvalue weighted by Crippen LogP contribution is 2.41. The lowest BCUT2D eigenvalue weighted by atomic mass is 10.1. The molecule has 0 aliphatic heterocycles. The van der Waals surface area contributed by atoms with Crippen molar-refractivity contribution in [1.82, 2.24) is 9.97 Å². The Morgan fingerprint density at radius 3 is 2.64 bits per heavy atom. The van der Waals surface area contributed by atoms with Crippen LogP contribution < -0.4 is 11.1 Å². The number of halogens is 2. The zero-order valence-corrected chi connectivity index (χ0v) is 12.6. The SMILES string of the molecule is Nc1nc(-c2c(Cl)ccc(N[C]=O)c2Cl)c2ccccc2n1. The number of anilines is 2. The molecule has 5 nitrogen and oxygen atoms in total. The number of hydrogen-bond donors (Lipinski definition) is 2. The van der Waals surface area contributed by atoms with Gasteiger partial charge in [0.1, 0.15) is 0 Å². The first-order chi connectivity index (χ1) is 10.6. The Morgan fingerprint density at radius 1 is 1.09 bits per heavy atom. The normalized spacial score (nSPS) is 10.6. The van der Waals surface area contributed by atoms with Crippen LogP contribution in [0, 0.1) is 0 Å². The molecule has 1 heterocycles. The van der Waals surface area contributed by atoms with Gasteiger partial charge in [-0.3, -0.25) is 4.79 Å². The van der Waals surface area contributed by atoms with Crippen molar-refractivity contribution in [3.05, 3.63) is 46.4 Å². The monoisotopic (exact) mass is 331 g/mol. The predicted molar refractivity (Wildman–Crippen MR) is 88.7 cm³/mol. The van der Waals surface area contributed by atoms with Crippen molar-refractivity contribution in [2.45, 2.75) is 0 Å². The van der Waals surface area contributed by atoms with Gasteiger partial charge in [-0.2, -0.15) is 0 Å². The summed E-state index contributed by atoms with van der Waals surface area (Å²) in [5, 5.41) is 3.82. The molecule has 0 atom stereocenters. The van der Waals surface area contributed by atoms with Gasteiger partial charge in [0.15, 0.2) is 0 Å². The van der Waals surface area contributed by atoms with Crippen LogP contribution in [-0.2, 0) is 4.79 Å². The van der Waals surface area contributed by atoms with E-state index >= 15 is 0 Å². The average Bonchev–Trinajstić information content (AvgIpc) is 2.50. The molecule has 7 heteroatoms. The Balaban J connectivity index is 2.36. The van der Waals surface area contributed by atoms with E-state index in [2.05, 4.69) is 15.3 Å². The van der Waals surface area contributed by atoms with Gasteiger partial charge in [0.05, 0.1) is 26.9 Å². The molecule has 0 aliphatic rings. The quantitative estimate of drug-likeness (QED) is 0.717. The maximum atomic E-state index is 10.6. The number of nitrogens with two attached hydrogens (primary N) is 1. The first-order valence-electron chi connectivity index (χ1n) is 6.25. The highest BCUT2D eigenvalue weighted by molar-refractivity contribution is 6.41. The van der Waals surface area contributed by atoms with Crippen LogP contribution in [0.2, 0.25) is 10.0 Å². The van der Waals surface area contributed by atoms with E-state index in [4.69, 9.17) is 28.9 Å². The van der Waals surface area contributed by atoms with Crippen LogP contribution in [0.1, 0.15) is 0 Å². The molecule has 0 bridgehead atoms. The van der Waals surface area contributed by atoms with E-state index in [1.54, 1.807) is 18.5 Å². The smallest absolute Gasteiger partial charge is 0.314 e. The van der Waals surface area contributed by atoms with Crippen molar-refractivity contribution in [2.24, 2.45) is 0 Å².